The summed E-state index contributed by atoms with van der Waals surface area (Å²) in [4.78, 5) is 0. The SMILES string of the molecule is Cc1cc(CNCCCNC(C)C)on1. The van der Waals surface area contributed by atoms with Gasteiger partial charge in [-0.1, -0.05) is 19.0 Å². The molecule has 0 aliphatic carbocycles. The number of rotatable bonds is 7. The molecule has 4 nitrogen and oxygen atoms in total. The Morgan fingerprint density at radius 3 is 2.80 bits per heavy atom. The van der Waals surface area contributed by atoms with Crippen LogP contribution in [-0.4, -0.2) is 24.3 Å². The van der Waals surface area contributed by atoms with Crippen LogP contribution >= 0.6 is 0 Å². The maximum atomic E-state index is 5.08. The largest absolute Gasteiger partial charge is 0.360 e. The van der Waals surface area contributed by atoms with Gasteiger partial charge in [0.25, 0.3) is 0 Å². The third kappa shape index (κ3) is 5.54. The van der Waals surface area contributed by atoms with Gasteiger partial charge in [0.15, 0.2) is 5.76 Å². The van der Waals surface area contributed by atoms with Gasteiger partial charge in [-0.3, -0.25) is 0 Å². The highest BCUT2D eigenvalue weighted by Crippen LogP contribution is 2.00. The Bertz CT molecular complexity index is 271. The minimum Gasteiger partial charge on any atom is -0.360 e. The summed E-state index contributed by atoms with van der Waals surface area (Å²) in [5.41, 5.74) is 0.938. The van der Waals surface area contributed by atoms with Crippen molar-refractivity contribution in [3.05, 3.63) is 17.5 Å². The molecule has 0 radical (unpaired) electrons. The van der Waals surface area contributed by atoms with E-state index in [0.29, 0.717) is 6.04 Å². The molecule has 0 aromatic carbocycles. The maximum Gasteiger partial charge on any atom is 0.150 e. The lowest BCUT2D eigenvalue weighted by atomic mass is 10.3. The standard InChI is InChI=1S/C11H21N3O/c1-9(2)13-6-4-5-12-8-11-7-10(3)14-15-11/h7,9,12-13H,4-6,8H2,1-3H3. The highest BCUT2D eigenvalue weighted by Gasteiger charge is 1.99. The van der Waals surface area contributed by atoms with Crippen molar-refractivity contribution in [1.29, 1.82) is 0 Å². The van der Waals surface area contributed by atoms with Crippen molar-refractivity contribution < 1.29 is 4.52 Å². The van der Waals surface area contributed by atoms with Crippen molar-refractivity contribution in [1.82, 2.24) is 15.8 Å². The molecule has 0 bridgehead atoms. The van der Waals surface area contributed by atoms with E-state index in [1.54, 1.807) is 0 Å². The summed E-state index contributed by atoms with van der Waals surface area (Å²) in [5, 5.41) is 10.5. The van der Waals surface area contributed by atoms with Crippen molar-refractivity contribution in [3.8, 4) is 0 Å². The zero-order valence-corrected chi connectivity index (χ0v) is 9.84. The van der Waals surface area contributed by atoms with Gasteiger partial charge in [-0.05, 0) is 26.4 Å². The van der Waals surface area contributed by atoms with Crippen LogP contribution in [-0.2, 0) is 6.54 Å². The fraction of sp³-hybridized carbons (Fsp3) is 0.727. The first kappa shape index (κ1) is 12.2. The van der Waals surface area contributed by atoms with Crippen LogP contribution in [0.25, 0.3) is 0 Å². The predicted octanol–water partition coefficient (Wildman–Crippen LogP) is 1.46. The van der Waals surface area contributed by atoms with E-state index in [4.69, 9.17) is 4.52 Å². The molecular weight excluding hydrogens is 190 g/mol. The van der Waals surface area contributed by atoms with Crippen molar-refractivity contribution in [2.75, 3.05) is 13.1 Å². The minimum atomic E-state index is 0.571. The summed E-state index contributed by atoms with van der Waals surface area (Å²) in [5.74, 6) is 0.907. The van der Waals surface area contributed by atoms with E-state index in [1.807, 2.05) is 13.0 Å². The summed E-state index contributed by atoms with van der Waals surface area (Å²) < 4.78 is 5.08. The first-order valence-electron chi connectivity index (χ1n) is 5.55. The van der Waals surface area contributed by atoms with Gasteiger partial charge >= 0.3 is 0 Å². The summed E-state index contributed by atoms with van der Waals surface area (Å²) in [6, 6.07) is 2.53. The number of hydrogen-bond acceptors (Lipinski definition) is 4. The number of nitrogens with one attached hydrogen (secondary N) is 2. The van der Waals surface area contributed by atoms with Crippen molar-refractivity contribution >= 4 is 0 Å². The van der Waals surface area contributed by atoms with Gasteiger partial charge in [-0.2, -0.15) is 0 Å². The summed E-state index contributed by atoms with van der Waals surface area (Å²) in [7, 11) is 0. The van der Waals surface area contributed by atoms with Gasteiger partial charge in [0.1, 0.15) is 0 Å². The Balaban J connectivity index is 1.98. The first-order valence-corrected chi connectivity index (χ1v) is 5.55. The third-order valence-corrected chi connectivity index (χ3v) is 2.06. The second kappa shape index (κ2) is 6.58. The Kier molecular flexibility index (Phi) is 5.36. The Morgan fingerprint density at radius 2 is 2.20 bits per heavy atom. The van der Waals surface area contributed by atoms with Crippen molar-refractivity contribution in [2.45, 2.75) is 39.8 Å². The number of nitrogens with zero attached hydrogens (tertiary/aromatic N) is 1. The molecule has 0 saturated heterocycles. The molecule has 0 saturated carbocycles. The predicted molar refractivity (Wildman–Crippen MR) is 60.7 cm³/mol. The minimum absolute atomic E-state index is 0.571. The van der Waals surface area contributed by atoms with Crippen molar-refractivity contribution in [3.63, 3.8) is 0 Å². The van der Waals surface area contributed by atoms with E-state index >= 15 is 0 Å². The summed E-state index contributed by atoms with van der Waals surface area (Å²) >= 11 is 0. The van der Waals surface area contributed by atoms with Crippen LogP contribution in [0.3, 0.4) is 0 Å². The van der Waals surface area contributed by atoms with Crippen LogP contribution < -0.4 is 10.6 Å². The number of hydrogen-bond donors (Lipinski definition) is 2. The molecule has 0 atom stereocenters. The molecule has 1 rings (SSSR count). The molecule has 1 aromatic rings. The van der Waals surface area contributed by atoms with E-state index in [-0.39, 0.29) is 0 Å². The first-order chi connectivity index (χ1) is 7.18. The molecule has 86 valence electrons. The molecule has 15 heavy (non-hydrogen) atoms. The van der Waals surface area contributed by atoms with Crippen LogP contribution in [0.4, 0.5) is 0 Å². The Labute approximate surface area is 91.4 Å². The number of aryl methyl sites for hydroxylation is 1. The molecule has 0 amide bonds. The lowest BCUT2D eigenvalue weighted by Gasteiger charge is -2.07. The molecule has 1 heterocycles. The highest BCUT2D eigenvalue weighted by atomic mass is 16.5. The third-order valence-electron chi connectivity index (χ3n) is 2.06. The summed E-state index contributed by atoms with van der Waals surface area (Å²) in [6.45, 7) is 9.07. The highest BCUT2D eigenvalue weighted by molar-refractivity contribution is 5.02. The van der Waals surface area contributed by atoms with E-state index in [9.17, 15) is 0 Å². The number of aromatic nitrogens is 1. The van der Waals surface area contributed by atoms with Gasteiger partial charge < -0.3 is 15.2 Å². The van der Waals surface area contributed by atoms with Crippen LogP contribution in [0.1, 0.15) is 31.7 Å². The van der Waals surface area contributed by atoms with Crippen molar-refractivity contribution in [2.24, 2.45) is 0 Å². The zero-order valence-electron chi connectivity index (χ0n) is 9.84. The van der Waals surface area contributed by atoms with Crippen LogP contribution in [0.15, 0.2) is 10.6 Å². The topological polar surface area (TPSA) is 50.1 Å². The monoisotopic (exact) mass is 211 g/mol. The van der Waals surface area contributed by atoms with Crippen LogP contribution in [0.2, 0.25) is 0 Å². The molecule has 0 aliphatic heterocycles. The van der Waals surface area contributed by atoms with E-state index in [0.717, 1.165) is 37.5 Å². The molecular formula is C11H21N3O. The average molecular weight is 211 g/mol. The van der Waals surface area contributed by atoms with E-state index in [1.165, 1.54) is 0 Å². The fourth-order valence-corrected chi connectivity index (χ4v) is 1.32. The second-order valence-corrected chi connectivity index (χ2v) is 4.07. The Hall–Kier alpha value is -0.870. The smallest absolute Gasteiger partial charge is 0.150 e. The van der Waals surface area contributed by atoms with Gasteiger partial charge in [0, 0.05) is 12.1 Å². The quantitative estimate of drug-likeness (QED) is 0.670. The fourth-order valence-electron chi connectivity index (χ4n) is 1.32. The van der Waals surface area contributed by atoms with Crippen LogP contribution in [0, 0.1) is 6.92 Å². The second-order valence-electron chi connectivity index (χ2n) is 4.07. The van der Waals surface area contributed by atoms with E-state index < -0.39 is 0 Å². The molecule has 0 unspecified atom stereocenters. The lowest BCUT2D eigenvalue weighted by Crippen LogP contribution is -2.26. The zero-order chi connectivity index (χ0) is 11.1. The van der Waals surface area contributed by atoms with Gasteiger partial charge in [0.2, 0.25) is 0 Å². The molecule has 0 spiro atoms. The lowest BCUT2D eigenvalue weighted by molar-refractivity contribution is 0.369. The molecule has 4 heteroatoms. The summed E-state index contributed by atoms with van der Waals surface area (Å²) in [6.07, 6.45) is 1.13. The van der Waals surface area contributed by atoms with Gasteiger partial charge in [-0.25, -0.2) is 0 Å². The van der Waals surface area contributed by atoms with Gasteiger partial charge in [0.05, 0.1) is 12.2 Å². The normalized spacial score (nSPS) is 11.2. The van der Waals surface area contributed by atoms with Crippen LogP contribution in [0.5, 0.6) is 0 Å². The molecule has 2 N–H and O–H groups in total. The molecule has 1 aromatic heterocycles. The maximum absolute atomic E-state index is 5.08. The molecule has 0 fully saturated rings. The molecule has 0 aliphatic rings. The average Bonchev–Trinajstić information content (AvgIpc) is 2.57. The van der Waals surface area contributed by atoms with E-state index in [2.05, 4.69) is 29.6 Å². The Morgan fingerprint density at radius 1 is 1.40 bits per heavy atom. The van der Waals surface area contributed by atoms with Gasteiger partial charge in [-0.15, -0.1) is 0 Å².